The molecule has 0 unspecified atom stereocenters. The largest absolute Gasteiger partial charge is 0.492 e. The van der Waals surface area contributed by atoms with Gasteiger partial charge >= 0.3 is 0 Å². The van der Waals surface area contributed by atoms with Crippen LogP contribution in [0.4, 0.5) is 0 Å². The van der Waals surface area contributed by atoms with Gasteiger partial charge < -0.3 is 4.74 Å². The molecule has 1 nitrogen and oxygen atoms in total. The summed E-state index contributed by atoms with van der Waals surface area (Å²) >= 11 is 10.6. The molecule has 0 atom stereocenters. The lowest BCUT2D eigenvalue weighted by Crippen LogP contribution is -1.94. The van der Waals surface area contributed by atoms with Crippen LogP contribution in [0.15, 0.2) is 23.1 Å². The number of halogens is 1. The predicted octanol–water partition coefficient (Wildman–Crippen LogP) is 4.01. The molecule has 0 amide bonds. The van der Waals surface area contributed by atoms with Gasteiger partial charge in [0.05, 0.1) is 11.6 Å². The van der Waals surface area contributed by atoms with Gasteiger partial charge in [-0.25, -0.2) is 0 Å². The maximum atomic E-state index is 5.98. The van der Waals surface area contributed by atoms with Crippen molar-refractivity contribution in [3.05, 3.63) is 23.2 Å². The summed E-state index contributed by atoms with van der Waals surface area (Å²) in [4.78, 5) is 1.19. The molecule has 0 bridgehead atoms. The molecule has 1 aromatic carbocycles. The minimum atomic E-state index is -1.00. The van der Waals surface area contributed by atoms with E-state index in [0.29, 0.717) is 11.6 Å². The van der Waals surface area contributed by atoms with Gasteiger partial charge in [-0.1, -0.05) is 11.6 Å². The summed E-state index contributed by atoms with van der Waals surface area (Å²) in [5, 5.41) is 0.660. The lowest BCUT2D eigenvalue weighted by atomic mass is 10.3. The van der Waals surface area contributed by atoms with Crippen LogP contribution in [0.5, 0.6) is 5.75 Å². The SMILES string of the molecule is CCOc1cc(S(C)(C)S)ccc1Cl. The van der Waals surface area contributed by atoms with Gasteiger partial charge in [-0.3, -0.25) is 0 Å². The van der Waals surface area contributed by atoms with E-state index < -0.39 is 9.06 Å². The zero-order valence-electron chi connectivity index (χ0n) is 8.58. The first-order valence-corrected chi connectivity index (χ1v) is 8.21. The third kappa shape index (κ3) is 3.01. The van der Waals surface area contributed by atoms with Gasteiger partial charge in [0.2, 0.25) is 0 Å². The van der Waals surface area contributed by atoms with E-state index >= 15 is 0 Å². The third-order valence-electron chi connectivity index (χ3n) is 1.78. The molecule has 14 heavy (non-hydrogen) atoms. The number of benzene rings is 1. The standard InChI is InChI=1S/C10H15ClOS2/c1-4-12-10-7-8(14(2,3)13)5-6-9(10)11/h5-7,13H,4H2,1-3H3. The second-order valence-corrected chi connectivity index (χ2v) is 9.46. The Bertz CT molecular complexity index is 320. The fraction of sp³-hybridized carbons (Fsp3) is 0.400. The maximum absolute atomic E-state index is 5.98. The van der Waals surface area contributed by atoms with Crippen molar-refractivity contribution in [3.8, 4) is 5.75 Å². The van der Waals surface area contributed by atoms with E-state index in [1.54, 1.807) is 0 Å². The summed E-state index contributed by atoms with van der Waals surface area (Å²) in [5.41, 5.74) is 0. The normalized spacial score (nSPS) is 12.6. The van der Waals surface area contributed by atoms with Gasteiger partial charge in [-0.15, -0.1) is 11.7 Å². The van der Waals surface area contributed by atoms with E-state index in [-0.39, 0.29) is 0 Å². The van der Waals surface area contributed by atoms with Crippen LogP contribution in [0.25, 0.3) is 0 Å². The molecule has 0 saturated heterocycles. The van der Waals surface area contributed by atoms with Gasteiger partial charge in [0.25, 0.3) is 0 Å². The van der Waals surface area contributed by atoms with Gasteiger partial charge in [0.1, 0.15) is 5.75 Å². The highest BCUT2D eigenvalue weighted by Crippen LogP contribution is 2.54. The van der Waals surface area contributed by atoms with E-state index in [0.717, 1.165) is 5.75 Å². The van der Waals surface area contributed by atoms with Gasteiger partial charge in [0.15, 0.2) is 0 Å². The summed E-state index contributed by atoms with van der Waals surface area (Å²) < 4.78 is 5.42. The minimum absolute atomic E-state index is 0.630. The fourth-order valence-corrected chi connectivity index (χ4v) is 2.37. The van der Waals surface area contributed by atoms with Crippen LogP contribution in [0, 0.1) is 0 Å². The Morgan fingerprint density at radius 2 is 2.07 bits per heavy atom. The van der Waals surface area contributed by atoms with Crippen LogP contribution in [0.1, 0.15) is 6.92 Å². The van der Waals surface area contributed by atoms with E-state index in [4.69, 9.17) is 16.3 Å². The first-order valence-electron chi connectivity index (χ1n) is 4.33. The monoisotopic (exact) mass is 250 g/mol. The molecule has 0 heterocycles. The van der Waals surface area contributed by atoms with Crippen molar-refractivity contribution < 1.29 is 4.74 Å². The predicted molar refractivity (Wildman–Crippen MR) is 69.3 cm³/mol. The van der Waals surface area contributed by atoms with Crippen molar-refractivity contribution in [1.82, 2.24) is 0 Å². The van der Waals surface area contributed by atoms with Crippen molar-refractivity contribution in [2.24, 2.45) is 0 Å². The molecule has 0 spiro atoms. The smallest absolute Gasteiger partial charge is 0.138 e. The molecule has 0 aromatic heterocycles. The molecule has 1 aromatic rings. The van der Waals surface area contributed by atoms with E-state index in [9.17, 15) is 0 Å². The number of hydrogen-bond donors (Lipinski definition) is 1. The number of thiol groups is 1. The summed E-state index contributed by atoms with van der Waals surface area (Å²) in [7, 11) is -1.00. The van der Waals surface area contributed by atoms with Crippen LogP contribution in [-0.2, 0) is 0 Å². The Morgan fingerprint density at radius 3 is 2.57 bits per heavy atom. The van der Waals surface area contributed by atoms with Gasteiger partial charge in [0, 0.05) is 4.90 Å². The first-order chi connectivity index (χ1) is 6.45. The molecule has 80 valence electrons. The highest BCUT2D eigenvalue weighted by molar-refractivity contribution is 8.87. The summed E-state index contributed by atoms with van der Waals surface area (Å²) in [6.45, 7) is 2.58. The molecule has 4 heteroatoms. The van der Waals surface area contributed by atoms with E-state index in [2.05, 4.69) is 24.2 Å². The molecule has 1 rings (SSSR count). The topological polar surface area (TPSA) is 9.23 Å². The molecule has 0 radical (unpaired) electrons. The average Bonchev–Trinajstić information content (AvgIpc) is 2.07. The van der Waals surface area contributed by atoms with Crippen molar-refractivity contribution in [1.29, 1.82) is 0 Å². The summed E-state index contributed by atoms with van der Waals surface area (Å²) in [5.74, 6) is 0.751. The molecule has 0 N–H and O–H groups in total. The number of rotatable bonds is 3. The Morgan fingerprint density at radius 1 is 1.43 bits per heavy atom. The van der Waals surface area contributed by atoms with Crippen molar-refractivity contribution >= 4 is 32.3 Å². The van der Waals surface area contributed by atoms with Gasteiger partial charge in [-0.2, -0.15) is 9.06 Å². The Hall–Kier alpha value is 0.01000. The number of hydrogen-bond acceptors (Lipinski definition) is 2. The van der Waals surface area contributed by atoms with Crippen LogP contribution in [0.2, 0.25) is 5.02 Å². The molecular formula is C10H15ClOS2. The molecule has 0 saturated carbocycles. The molecular weight excluding hydrogens is 236 g/mol. The van der Waals surface area contributed by atoms with Crippen molar-refractivity contribution in [2.45, 2.75) is 11.8 Å². The van der Waals surface area contributed by atoms with Crippen LogP contribution >= 0.6 is 32.3 Å². The van der Waals surface area contributed by atoms with Crippen LogP contribution in [-0.4, -0.2) is 19.1 Å². The Labute approximate surface area is 96.9 Å². The molecule has 0 aliphatic rings. The van der Waals surface area contributed by atoms with E-state index in [1.165, 1.54) is 4.90 Å². The Kier molecular flexibility index (Phi) is 4.04. The minimum Gasteiger partial charge on any atom is -0.492 e. The van der Waals surface area contributed by atoms with Crippen molar-refractivity contribution in [2.75, 3.05) is 19.1 Å². The van der Waals surface area contributed by atoms with Crippen LogP contribution < -0.4 is 4.74 Å². The maximum Gasteiger partial charge on any atom is 0.138 e. The lowest BCUT2D eigenvalue weighted by molar-refractivity contribution is 0.339. The molecule has 0 aliphatic heterocycles. The highest BCUT2D eigenvalue weighted by atomic mass is 35.5. The number of ether oxygens (including phenoxy) is 1. The zero-order chi connectivity index (χ0) is 10.8. The molecule has 0 aliphatic carbocycles. The zero-order valence-corrected chi connectivity index (χ0v) is 11.0. The second kappa shape index (κ2) is 4.69. The van der Waals surface area contributed by atoms with Gasteiger partial charge in [-0.05, 0) is 37.6 Å². The highest BCUT2D eigenvalue weighted by Gasteiger charge is 2.11. The van der Waals surface area contributed by atoms with E-state index in [1.807, 2.05) is 25.1 Å². The average molecular weight is 251 g/mol. The Balaban J connectivity index is 3.06. The second-order valence-electron chi connectivity index (χ2n) is 3.30. The third-order valence-corrected chi connectivity index (χ3v) is 4.13. The quantitative estimate of drug-likeness (QED) is 0.630. The van der Waals surface area contributed by atoms with Crippen LogP contribution in [0.3, 0.4) is 0 Å². The fourth-order valence-electron chi connectivity index (χ4n) is 1.06. The lowest BCUT2D eigenvalue weighted by Gasteiger charge is -2.25. The first kappa shape index (κ1) is 12.1. The van der Waals surface area contributed by atoms with Crippen molar-refractivity contribution in [3.63, 3.8) is 0 Å². The molecule has 0 fully saturated rings. The summed E-state index contributed by atoms with van der Waals surface area (Å²) in [6.07, 6.45) is 4.24. The summed E-state index contributed by atoms with van der Waals surface area (Å²) in [6, 6.07) is 5.86.